The second-order valence-corrected chi connectivity index (χ2v) is 4.95. The molecule has 6 heteroatoms. The third kappa shape index (κ3) is 3.92. The van der Waals surface area contributed by atoms with Crippen LogP contribution in [0.5, 0.6) is 5.75 Å². The van der Waals surface area contributed by atoms with Crippen molar-refractivity contribution in [1.29, 1.82) is 0 Å². The highest BCUT2D eigenvalue weighted by Crippen LogP contribution is 2.27. The molecular weight excluding hydrogens is 275 g/mol. The summed E-state index contributed by atoms with van der Waals surface area (Å²) < 4.78 is 24.3. The van der Waals surface area contributed by atoms with Crippen LogP contribution in [0.15, 0.2) is 18.2 Å². The monoisotopic (exact) mass is 296 g/mol. The number of morpholine rings is 1. The number of carbonyl (C=O) groups excluding carboxylic acids is 1. The first-order chi connectivity index (χ1) is 10.1. The summed E-state index contributed by atoms with van der Waals surface area (Å²) >= 11 is 0. The molecule has 0 aromatic heterocycles. The molecule has 1 aliphatic heterocycles. The van der Waals surface area contributed by atoms with Crippen LogP contribution < -0.4 is 10.1 Å². The van der Waals surface area contributed by atoms with Gasteiger partial charge in [0.15, 0.2) is 0 Å². The average Bonchev–Trinajstić information content (AvgIpc) is 2.52. The summed E-state index contributed by atoms with van der Waals surface area (Å²) in [6, 6.07) is 4.38. The molecule has 1 fully saturated rings. The van der Waals surface area contributed by atoms with Crippen LogP contribution >= 0.6 is 0 Å². The smallest absolute Gasteiger partial charge is 0.236 e. The predicted octanol–water partition coefficient (Wildman–Crippen LogP) is 1.34. The minimum absolute atomic E-state index is 0.000422. The quantitative estimate of drug-likeness (QED) is 0.891. The highest BCUT2D eigenvalue weighted by Gasteiger charge is 2.20. The number of nitrogens with one attached hydrogen (secondary N) is 1. The van der Waals surface area contributed by atoms with E-state index in [0.717, 1.165) is 0 Å². The number of amides is 1. The van der Waals surface area contributed by atoms with Crippen molar-refractivity contribution in [3.63, 3.8) is 0 Å². The topological polar surface area (TPSA) is 50.8 Å². The zero-order valence-corrected chi connectivity index (χ0v) is 12.4. The number of benzene rings is 1. The number of rotatable bonds is 5. The minimum atomic E-state index is -0.340. The molecule has 0 saturated carbocycles. The van der Waals surface area contributed by atoms with Gasteiger partial charge in [0.2, 0.25) is 5.91 Å². The van der Waals surface area contributed by atoms with Crippen molar-refractivity contribution in [2.24, 2.45) is 0 Å². The largest absolute Gasteiger partial charge is 0.496 e. The van der Waals surface area contributed by atoms with E-state index in [0.29, 0.717) is 37.6 Å². The molecule has 1 atom stereocenters. The molecular formula is C15H21FN2O3. The normalized spacial score (nSPS) is 16.6. The Labute approximate surface area is 124 Å². The molecule has 1 saturated heterocycles. The maximum absolute atomic E-state index is 13.9. The second kappa shape index (κ2) is 7.38. The summed E-state index contributed by atoms with van der Waals surface area (Å²) in [5, 5.41) is 3.06. The zero-order chi connectivity index (χ0) is 15.2. The number of hydrogen-bond acceptors (Lipinski definition) is 4. The molecule has 1 aromatic rings. The summed E-state index contributed by atoms with van der Waals surface area (Å²) in [4.78, 5) is 13.8. The van der Waals surface area contributed by atoms with Gasteiger partial charge in [0, 0.05) is 24.7 Å². The van der Waals surface area contributed by atoms with Gasteiger partial charge in [0.1, 0.15) is 11.6 Å². The molecule has 0 spiro atoms. The lowest BCUT2D eigenvalue weighted by atomic mass is 10.1. The van der Waals surface area contributed by atoms with Crippen molar-refractivity contribution in [2.75, 3.05) is 40.0 Å². The Morgan fingerprint density at radius 3 is 2.86 bits per heavy atom. The van der Waals surface area contributed by atoms with Gasteiger partial charge in [0.05, 0.1) is 26.9 Å². The fourth-order valence-electron chi connectivity index (χ4n) is 2.38. The molecule has 0 bridgehead atoms. The van der Waals surface area contributed by atoms with Crippen LogP contribution in [0.25, 0.3) is 0 Å². The summed E-state index contributed by atoms with van der Waals surface area (Å²) in [6.07, 6.45) is 0. The Morgan fingerprint density at radius 1 is 1.48 bits per heavy atom. The van der Waals surface area contributed by atoms with Gasteiger partial charge in [-0.3, -0.25) is 4.79 Å². The molecule has 2 rings (SSSR count). The zero-order valence-electron chi connectivity index (χ0n) is 12.4. The van der Waals surface area contributed by atoms with Crippen molar-refractivity contribution in [1.82, 2.24) is 10.2 Å². The predicted molar refractivity (Wildman–Crippen MR) is 76.8 cm³/mol. The van der Waals surface area contributed by atoms with E-state index in [9.17, 15) is 9.18 Å². The Bertz CT molecular complexity index is 490. The van der Waals surface area contributed by atoms with E-state index < -0.39 is 0 Å². The fourth-order valence-corrected chi connectivity index (χ4v) is 2.38. The van der Waals surface area contributed by atoms with Crippen LogP contribution in [0.3, 0.4) is 0 Å². The van der Waals surface area contributed by atoms with E-state index in [2.05, 4.69) is 5.32 Å². The van der Waals surface area contributed by atoms with Crippen LogP contribution in [0, 0.1) is 5.82 Å². The van der Waals surface area contributed by atoms with Gasteiger partial charge in [-0.15, -0.1) is 0 Å². The number of methoxy groups -OCH3 is 1. The van der Waals surface area contributed by atoms with Crippen LogP contribution in [-0.2, 0) is 9.53 Å². The van der Waals surface area contributed by atoms with Crippen molar-refractivity contribution in [2.45, 2.75) is 13.0 Å². The number of carbonyl (C=O) groups is 1. The van der Waals surface area contributed by atoms with Crippen LogP contribution in [0.2, 0.25) is 0 Å². The minimum Gasteiger partial charge on any atom is -0.496 e. The summed E-state index contributed by atoms with van der Waals surface area (Å²) in [7, 11) is 1.50. The average molecular weight is 296 g/mol. The van der Waals surface area contributed by atoms with Crippen molar-refractivity contribution < 1.29 is 18.7 Å². The Hall–Kier alpha value is -1.66. The van der Waals surface area contributed by atoms with Crippen molar-refractivity contribution in [3.05, 3.63) is 29.6 Å². The Morgan fingerprint density at radius 2 is 2.19 bits per heavy atom. The summed E-state index contributed by atoms with van der Waals surface area (Å²) in [6.45, 7) is 4.34. The van der Waals surface area contributed by atoms with Gasteiger partial charge in [0.25, 0.3) is 0 Å². The first-order valence-corrected chi connectivity index (χ1v) is 7.04. The molecule has 1 heterocycles. The van der Waals surface area contributed by atoms with E-state index in [4.69, 9.17) is 9.47 Å². The number of halogens is 1. The van der Waals surface area contributed by atoms with Gasteiger partial charge in [-0.25, -0.2) is 4.39 Å². The molecule has 0 aliphatic carbocycles. The van der Waals surface area contributed by atoms with Crippen LogP contribution in [-0.4, -0.2) is 50.8 Å². The molecule has 1 aromatic carbocycles. The third-order valence-electron chi connectivity index (χ3n) is 3.59. The van der Waals surface area contributed by atoms with Gasteiger partial charge >= 0.3 is 0 Å². The van der Waals surface area contributed by atoms with Gasteiger partial charge < -0.3 is 19.7 Å². The standard InChI is InChI=1S/C15H21FN2O3/c1-11(15-12(16)4-3-5-13(15)20-2)17-10-14(19)18-6-8-21-9-7-18/h3-5,11,17H,6-10H2,1-2H3/t11-/m0/s1. The molecule has 5 nitrogen and oxygen atoms in total. The number of nitrogens with zero attached hydrogens (tertiary/aromatic N) is 1. The lowest BCUT2D eigenvalue weighted by molar-refractivity contribution is -0.134. The fraction of sp³-hybridized carbons (Fsp3) is 0.533. The van der Waals surface area contributed by atoms with Crippen molar-refractivity contribution >= 4 is 5.91 Å². The highest BCUT2D eigenvalue weighted by atomic mass is 19.1. The van der Waals surface area contributed by atoms with Gasteiger partial charge in [-0.05, 0) is 19.1 Å². The molecule has 116 valence electrons. The molecule has 1 N–H and O–H groups in total. The van der Waals surface area contributed by atoms with Crippen LogP contribution in [0.1, 0.15) is 18.5 Å². The van der Waals surface area contributed by atoms with Crippen molar-refractivity contribution in [3.8, 4) is 5.75 Å². The summed E-state index contributed by atoms with van der Waals surface area (Å²) in [5.41, 5.74) is 0.440. The lowest BCUT2D eigenvalue weighted by Crippen LogP contribution is -2.45. The Balaban J connectivity index is 1.95. The number of ether oxygens (including phenoxy) is 2. The number of hydrogen-bond donors (Lipinski definition) is 1. The van der Waals surface area contributed by atoms with E-state index in [1.807, 2.05) is 6.92 Å². The molecule has 0 unspecified atom stereocenters. The van der Waals surface area contributed by atoms with Crippen LogP contribution in [0.4, 0.5) is 4.39 Å². The van der Waals surface area contributed by atoms with E-state index >= 15 is 0 Å². The molecule has 21 heavy (non-hydrogen) atoms. The first kappa shape index (κ1) is 15.7. The maximum Gasteiger partial charge on any atom is 0.236 e. The van der Waals surface area contributed by atoms with E-state index in [1.165, 1.54) is 13.2 Å². The highest BCUT2D eigenvalue weighted by molar-refractivity contribution is 5.78. The first-order valence-electron chi connectivity index (χ1n) is 7.04. The second-order valence-electron chi connectivity index (χ2n) is 4.95. The SMILES string of the molecule is COc1cccc(F)c1[C@H](C)NCC(=O)N1CCOCC1. The third-order valence-corrected chi connectivity index (χ3v) is 3.59. The molecule has 1 aliphatic rings. The molecule has 0 radical (unpaired) electrons. The molecule has 1 amide bonds. The summed E-state index contributed by atoms with van der Waals surface area (Å²) in [5.74, 6) is 0.141. The van der Waals surface area contributed by atoms with Gasteiger partial charge in [-0.2, -0.15) is 0 Å². The lowest BCUT2D eigenvalue weighted by Gasteiger charge is -2.27. The van der Waals surface area contributed by atoms with Gasteiger partial charge in [-0.1, -0.05) is 6.07 Å². The van der Waals surface area contributed by atoms with E-state index in [1.54, 1.807) is 17.0 Å². The van der Waals surface area contributed by atoms with E-state index in [-0.39, 0.29) is 24.3 Å². The Kier molecular flexibility index (Phi) is 5.52. The maximum atomic E-state index is 13.9.